The van der Waals surface area contributed by atoms with Gasteiger partial charge in [-0.2, -0.15) is 0 Å². The van der Waals surface area contributed by atoms with Crippen molar-refractivity contribution in [1.29, 1.82) is 0 Å². The number of hydrogen-bond acceptors (Lipinski definition) is 1. The van der Waals surface area contributed by atoms with Crippen molar-refractivity contribution in [2.45, 2.75) is 27.7 Å². The molecule has 1 nitrogen and oxygen atoms in total. The topological polar surface area (TPSA) is 17.1 Å². The van der Waals surface area contributed by atoms with Gasteiger partial charge in [-0.25, -0.2) is 4.39 Å². The van der Waals surface area contributed by atoms with Gasteiger partial charge in [0.1, 0.15) is 5.82 Å². The average Bonchev–Trinajstić information content (AvgIpc) is 2.07. The average molecular weight is 194 g/mol. The Morgan fingerprint density at radius 2 is 1.86 bits per heavy atom. The Kier molecular flexibility index (Phi) is 2.74. The van der Waals surface area contributed by atoms with Crippen molar-refractivity contribution in [1.82, 2.24) is 0 Å². The van der Waals surface area contributed by atoms with Gasteiger partial charge in [-0.1, -0.05) is 32.9 Å². The SMILES string of the molecule is Cc1c(F)cccc1C(=O)C(C)(C)C. The molecule has 0 unspecified atom stereocenters. The zero-order valence-electron chi connectivity index (χ0n) is 9.02. The van der Waals surface area contributed by atoms with Crippen molar-refractivity contribution in [2.75, 3.05) is 0 Å². The highest BCUT2D eigenvalue weighted by molar-refractivity contribution is 6.00. The maximum absolute atomic E-state index is 13.2. The second-order valence-electron chi connectivity index (χ2n) is 4.49. The molecule has 0 amide bonds. The van der Waals surface area contributed by atoms with Gasteiger partial charge < -0.3 is 0 Å². The van der Waals surface area contributed by atoms with E-state index in [1.165, 1.54) is 6.07 Å². The van der Waals surface area contributed by atoms with Gasteiger partial charge in [0.15, 0.2) is 5.78 Å². The molecule has 0 aliphatic carbocycles. The molecule has 1 rings (SSSR count). The summed E-state index contributed by atoms with van der Waals surface area (Å²) in [5, 5.41) is 0. The second kappa shape index (κ2) is 3.52. The number of carbonyl (C=O) groups excluding carboxylic acids is 1. The normalized spacial score (nSPS) is 11.5. The van der Waals surface area contributed by atoms with Gasteiger partial charge in [-0.3, -0.25) is 4.79 Å². The Bertz CT molecular complexity index is 361. The van der Waals surface area contributed by atoms with Crippen molar-refractivity contribution in [3.8, 4) is 0 Å². The van der Waals surface area contributed by atoms with Crippen LogP contribution in [0.15, 0.2) is 18.2 Å². The highest BCUT2D eigenvalue weighted by Crippen LogP contribution is 2.23. The van der Waals surface area contributed by atoms with Crippen LogP contribution in [0.25, 0.3) is 0 Å². The van der Waals surface area contributed by atoms with Gasteiger partial charge in [0, 0.05) is 11.0 Å². The molecule has 0 saturated carbocycles. The number of ketones is 1. The first-order valence-electron chi connectivity index (χ1n) is 4.64. The molecule has 14 heavy (non-hydrogen) atoms. The predicted molar refractivity (Wildman–Crippen MR) is 54.9 cm³/mol. The summed E-state index contributed by atoms with van der Waals surface area (Å²) in [6.07, 6.45) is 0. The van der Waals surface area contributed by atoms with Crippen LogP contribution in [0.1, 0.15) is 36.7 Å². The van der Waals surface area contributed by atoms with E-state index in [1.54, 1.807) is 19.1 Å². The van der Waals surface area contributed by atoms with E-state index in [1.807, 2.05) is 20.8 Å². The lowest BCUT2D eigenvalue weighted by Gasteiger charge is -2.18. The monoisotopic (exact) mass is 194 g/mol. The Labute approximate surface area is 83.9 Å². The van der Waals surface area contributed by atoms with Crippen molar-refractivity contribution >= 4 is 5.78 Å². The van der Waals surface area contributed by atoms with Gasteiger partial charge in [-0.05, 0) is 18.6 Å². The molecule has 0 fully saturated rings. The summed E-state index contributed by atoms with van der Waals surface area (Å²) < 4.78 is 13.2. The van der Waals surface area contributed by atoms with Crippen molar-refractivity contribution in [3.63, 3.8) is 0 Å². The van der Waals surface area contributed by atoms with E-state index >= 15 is 0 Å². The third kappa shape index (κ3) is 2.00. The highest BCUT2D eigenvalue weighted by atomic mass is 19.1. The largest absolute Gasteiger partial charge is 0.294 e. The summed E-state index contributed by atoms with van der Waals surface area (Å²) in [6, 6.07) is 4.61. The van der Waals surface area contributed by atoms with E-state index in [-0.39, 0.29) is 11.6 Å². The van der Waals surface area contributed by atoms with Crippen LogP contribution in [0.2, 0.25) is 0 Å². The molecule has 0 bridgehead atoms. The van der Waals surface area contributed by atoms with Crippen LogP contribution >= 0.6 is 0 Å². The second-order valence-corrected chi connectivity index (χ2v) is 4.49. The lowest BCUT2D eigenvalue weighted by Crippen LogP contribution is -2.21. The Hall–Kier alpha value is -1.18. The van der Waals surface area contributed by atoms with Gasteiger partial charge in [0.2, 0.25) is 0 Å². The minimum atomic E-state index is -0.460. The Balaban J connectivity index is 3.21. The van der Waals surface area contributed by atoms with Crippen LogP contribution in [-0.4, -0.2) is 5.78 Å². The molecule has 0 aliphatic rings. The fraction of sp³-hybridized carbons (Fsp3) is 0.417. The van der Waals surface area contributed by atoms with E-state index in [0.29, 0.717) is 11.1 Å². The zero-order chi connectivity index (χ0) is 10.9. The van der Waals surface area contributed by atoms with Gasteiger partial charge >= 0.3 is 0 Å². The Morgan fingerprint density at radius 1 is 1.29 bits per heavy atom. The van der Waals surface area contributed by atoms with E-state index in [9.17, 15) is 9.18 Å². The standard InChI is InChI=1S/C12H15FO/c1-8-9(6-5-7-10(8)13)11(14)12(2,3)4/h5-7H,1-4H3. The molecule has 0 radical (unpaired) electrons. The van der Waals surface area contributed by atoms with Crippen molar-refractivity contribution in [3.05, 3.63) is 35.1 Å². The third-order valence-electron chi connectivity index (χ3n) is 2.19. The molecule has 0 aromatic heterocycles. The summed E-state index contributed by atoms with van der Waals surface area (Å²) in [5.41, 5.74) is 0.461. The summed E-state index contributed by atoms with van der Waals surface area (Å²) in [7, 11) is 0. The number of Topliss-reactive ketones (excluding diaryl/α,β-unsaturated/α-hetero) is 1. The fourth-order valence-electron chi connectivity index (χ4n) is 1.26. The molecule has 0 atom stereocenters. The number of hydrogen-bond donors (Lipinski definition) is 0. The quantitative estimate of drug-likeness (QED) is 0.626. The summed E-state index contributed by atoms with van der Waals surface area (Å²) in [6.45, 7) is 7.13. The van der Waals surface area contributed by atoms with Crippen LogP contribution in [0.5, 0.6) is 0 Å². The molecule has 0 heterocycles. The zero-order valence-corrected chi connectivity index (χ0v) is 9.02. The van der Waals surface area contributed by atoms with Crippen molar-refractivity contribution < 1.29 is 9.18 Å². The van der Waals surface area contributed by atoms with E-state index in [2.05, 4.69) is 0 Å². The number of rotatable bonds is 1. The van der Waals surface area contributed by atoms with Crippen LogP contribution in [0.3, 0.4) is 0 Å². The lowest BCUT2D eigenvalue weighted by molar-refractivity contribution is 0.0857. The molecular formula is C12H15FO. The molecule has 0 aliphatic heterocycles. The number of carbonyl (C=O) groups is 1. The fourth-order valence-corrected chi connectivity index (χ4v) is 1.26. The minimum Gasteiger partial charge on any atom is -0.294 e. The number of halogens is 1. The molecule has 0 spiro atoms. The van der Waals surface area contributed by atoms with Gasteiger partial charge in [0.05, 0.1) is 0 Å². The predicted octanol–water partition coefficient (Wildman–Crippen LogP) is 3.36. The van der Waals surface area contributed by atoms with Crippen molar-refractivity contribution in [2.24, 2.45) is 5.41 Å². The molecule has 1 aromatic carbocycles. The van der Waals surface area contributed by atoms with Crippen LogP contribution in [0.4, 0.5) is 4.39 Å². The molecule has 2 heteroatoms. The van der Waals surface area contributed by atoms with Gasteiger partial charge in [-0.15, -0.1) is 0 Å². The van der Waals surface area contributed by atoms with Crippen LogP contribution in [0, 0.1) is 18.2 Å². The highest BCUT2D eigenvalue weighted by Gasteiger charge is 2.24. The first-order chi connectivity index (χ1) is 6.34. The molecule has 76 valence electrons. The molecular weight excluding hydrogens is 179 g/mol. The van der Waals surface area contributed by atoms with E-state index in [4.69, 9.17) is 0 Å². The van der Waals surface area contributed by atoms with E-state index < -0.39 is 5.41 Å². The first kappa shape index (κ1) is 10.9. The summed E-state index contributed by atoms with van der Waals surface area (Å²) in [5.74, 6) is -0.338. The molecule has 0 N–H and O–H groups in total. The smallest absolute Gasteiger partial charge is 0.168 e. The lowest BCUT2D eigenvalue weighted by atomic mass is 9.85. The summed E-state index contributed by atoms with van der Waals surface area (Å²) in [4.78, 5) is 11.9. The molecule has 0 saturated heterocycles. The summed E-state index contributed by atoms with van der Waals surface area (Å²) >= 11 is 0. The Morgan fingerprint density at radius 3 is 2.36 bits per heavy atom. The maximum Gasteiger partial charge on any atom is 0.168 e. The van der Waals surface area contributed by atoms with Gasteiger partial charge in [0.25, 0.3) is 0 Å². The first-order valence-corrected chi connectivity index (χ1v) is 4.64. The third-order valence-corrected chi connectivity index (χ3v) is 2.19. The minimum absolute atomic E-state index is 0.0190. The maximum atomic E-state index is 13.2. The van der Waals surface area contributed by atoms with Crippen LogP contribution in [-0.2, 0) is 0 Å². The van der Waals surface area contributed by atoms with E-state index in [0.717, 1.165) is 0 Å². The number of benzene rings is 1. The molecule has 1 aromatic rings. The van der Waals surface area contributed by atoms with Crippen LogP contribution < -0.4 is 0 Å².